The van der Waals surface area contributed by atoms with E-state index in [1.54, 1.807) is 7.11 Å². The number of hydrogen-bond acceptors (Lipinski definition) is 5. The predicted octanol–water partition coefficient (Wildman–Crippen LogP) is 4.95. The van der Waals surface area contributed by atoms with Crippen LogP contribution in [0.3, 0.4) is 0 Å². The van der Waals surface area contributed by atoms with Crippen molar-refractivity contribution >= 4 is 28.3 Å². The predicted molar refractivity (Wildman–Crippen MR) is 136 cm³/mol. The van der Waals surface area contributed by atoms with E-state index in [9.17, 15) is 4.79 Å². The van der Waals surface area contributed by atoms with Gasteiger partial charge in [0.2, 0.25) is 0 Å². The lowest BCUT2D eigenvalue weighted by molar-refractivity contribution is 0.0630. The van der Waals surface area contributed by atoms with Crippen LogP contribution < -0.4 is 10.1 Å². The van der Waals surface area contributed by atoms with Crippen molar-refractivity contribution in [3.05, 3.63) is 96.1 Å². The lowest BCUT2D eigenvalue weighted by atomic mass is 10.1. The molecule has 1 N–H and O–H groups in total. The first-order valence-corrected chi connectivity index (χ1v) is 11.6. The molecule has 0 atom stereocenters. The van der Waals surface area contributed by atoms with Crippen molar-refractivity contribution in [3.63, 3.8) is 0 Å². The van der Waals surface area contributed by atoms with Gasteiger partial charge in [0.05, 0.1) is 23.9 Å². The Morgan fingerprint density at radius 3 is 2.41 bits per heavy atom. The van der Waals surface area contributed by atoms with Crippen LogP contribution in [0.5, 0.6) is 5.75 Å². The van der Waals surface area contributed by atoms with Crippen LogP contribution >= 0.6 is 0 Å². The lowest BCUT2D eigenvalue weighted by Crippen LogP contribution is -2.48. The van der Waals surface area contributed by atoms with E-state index in [0.717, 1.165) is 42.0 Å². The van der Waals surface area contributed by atoms with E-state index < -0.39 is 0 Å². The molecule has 6 heteroatoms. The molecule has 0 aliphatic carbocycles. The highest BCUT2D eigenvalue weighted by Crippen LogP contribution is 2.29. The van der Waals surface area contributed by atoms with Gasteiger partial charge < -0.3 is 15.0 Å². The molecule has 3 aromatic carbocycles. The van der Waals surface area contributed by atoms with Crippen LogP contribution in [-0.4, -0.2) is 54.0 Å². The lowest BCUT2D eigenvalue weighted by Gasteiger charge is -2.35. The highest BCUT2D eigenvalue weighted by Gasteiger charge is 2.24. The van der Waals surface area contributed by atoms with Gasteiger partial charge in [0.15, 0.2) is 0 Å². The Bertz CT molecular complexity index is 1280. The van der Waals surface area contributed by atoms with Gasteiger partial charge in [-0.05, 0) is 29.8 Å². The van der Waals surface area contributed by atoms with Crippen LogP contribution in [0.15, 0.2) is 84.9 Å². The molecule has 0 saturated carbocycles. The number of rotatable bonds is 6. The molecule has 2 heterocycles. The number of piperazine rings is 1. The molecule has 1 aromatic heterocycles. The first-order chi connectivity index (χ1) is 16.7. The van der Waals surface area contributed by atoms with E-state index in [4.69, 9.17) is 9.72 Å². The van der Waals surface area contributed by atoms with Crippen molar-refractivity contribution in [1.29, 1.82) is 0 Å². The normalized spacial score (nSPS) is 14.2. The molecule has 5 rings (SSSR count). The second-order valence-electron chi connectivity index (χ2n) is 8.45. The van der Waals surface area contributed by atoms with Crippen LogP contribution in [0.4, 0.5) is 11.5 Å². The third-order valence-electron chi connectivity index (χ3n) is 6.22. The van der Waals surface area contributed by atoms with Crippen molar-refractivity contribution in [1.82, 2.24) is 14.8 Å². The zero-order valence-electron chi connectivity index (χ0n) is 19.3. The number of carbonyl (C=O) groups is 1. The van der Waals surface area contributed by atoms with Crippen LogP contribution in [0.2, 0.25) is 0 Å². The topological polar surface area (TPSA) is 57.7 Å². The monoisotopic (exact) mass is 452 g/mol. The SMILES string of the molecule is COc1ccccc1Nc1cc(C(=O)N2CCN(Cc3ccccc3)CC2)c2ccccc2n1. The van der Waals surface area contributed by atoms with Gasteiger partial charge in [0, 0.05) is 38.1 Å². The number of benzene rings is 3. The van der Waals surface area contributed by atoms with Gasteiger partial charge in [-0.15, -0.1) is 0 Å². The molecule has 0 spiro atoms. The highest BCUT2D eigenvalue weighted by molar-refractivity contribution is 6.07. The number of methoxy groups -OCH3 is 1. The third-order valence-corrected chi connectivity index (χ3v) is 6.22. The first-order valence-electron chi connectivity index (χ1n) is 11.6. The highest BCUT2D eigenvalue weighted by atomic mass is 16.5. The van der Waals surface area contributed by atoms with E-state index in [1.165, 1.54) is 5.56 Å². The Morgan fingerprint density at radius 2 is 1.62 bits per heavy atom. The standard InChI is InChI=1S/C28H28N4O2/c1-34-26-14-8-7-13-25(26)30-27-19-23(22-11-5-6-12-24(22)29-27)28(33)32-17-15-31(16-18-32)20-21-9-3-2-4-10-21/h2-14,19H,15-18,20H2,1H3,(H,29,30). The van der Waals surface area contributed by atoms with E-state index >= 15 is 0 Å². The Balaban J connectivity index is 1.37. The molecule has 0 bridgehead atoms. The molecule has 0 unspecified atom stereocenters. The van der Waals surface area contributed by atoms with E-state index in [1.807, 2.05) is 65.6 Å². The number of carbonyl (C=O) groups excluding carboxylic acids is 1. The van der Waals surface area contributed by atoms with Gasteiger partial charge in [-0.25, -0.2) is 4.98 Å². The number of pyridine rings is 1. The van der Waals surface area contributed by atoms with Gasteiger partial charge in [-0.3, -0.25) is 9.69 Å². The Morgan fingerprint density at radius 1 is 0.912 bits per heavy atom. The van der Waals surface area contributed by atoms with Gasteiger partial charge in [0.25, 0.3) is 5.91 Å². The average Bonchev–Trinajstić information content (AvgIpc) is 2.89. The van der Waals surface area contributed by atoms with Crippen molar-refractivity contribution in [2.24, 2.45) is 0 Å². The number of amides is 1. The molecule has 1 aliphatic rings. The summed E-state index contributed by atoms with van der Waals surface area (Å²) in [6, 6.07) is 27.8. The maximum absolute atomic E-state index is 13.6. The number of nitrogens with one attached hydrogen (secondary N) is 1. The molecule has 1 fully saturated rings. The minimum Gasteiger partial charge on any atom is -0.495 e. The van der Waals surface area contributed by atoms with Gasteiger partial charge in [-0.2, -0.15) is 0 Å². The van der Waals surface area contributed by atoms with E-state index in [-0.39, 0.29) is 5.91 Å². The average molecular weight is 453 g/mol. The largest absolute Gasteiger partial charge is 0.495 e. The van der Waals surface area contributed by atoms with Crippen molar-refractivity contribution < 1.29 is 9.53 Å². The smallest absolute Gasteiger partial charge is 0.254 e. The zero-order valence-corrected chi connectivity index (χ0v) is 19.3. The number of nitrogens with zero attached hydrogens (tertiary/aromatic N) is 3. The fourth-order valence-corrected chi connectivity index (χ4v) is 4.42. The second-order valence-corrected chi connectivity index (χ2v) is 8.45. The molecule has 1 aliphatic heterocycles. The summed E-state index contributed by atoms with van der Waals surface area (Å²) in [7, 11) is 1.64. The summed E-state index contributed by atoms with van der Waals surface area (Å²) in [5.41, 5.74) is 3.56. The number of para-hydroxylation sites is 3. The first kappa shape index (κ1) is 21.9. The van der Waals surface area contributed by atoms with Gasteiger partial charge >= 0.3 is 0 Å². The van der Waals surface area contributed by atoms with Crippen LogP contribution in [0.25, 0.3) is 10.9 Å². The molecule has 172 valence electrons. The van der Waals surface area contributed by atoms with Gasteiger partial charge in [0.1, 0.15) is 11.6 Å². The van der Waals surface area contributed by atoms with E-state index in [0.29, 0.717) is 24.5 Å². The minimum atomic E-state index is 0.0426. The van der Waals surface area contributed by atoms with Crippen molar-refractivity contribution in [2.75, 3.05) is 38.6 Å². The summed E-state index contributed by atoms with van der Waals surface area (Å²) in [6.45, 7) is 4.04. The van der Waals surface area contributed by atoms with Gasteiger partial charge in [-0.1, -0.05) is 60.7 Å². The summed E-state index contributed by atoms with van der Waals surface area (Å²) in [4.78, 5) is 22.7. The minimum absolute atomic E-state index is 0.0426. The van der Waals surface area contributed by atoms with Crippen molar-refractivity contribution in [2.45, 2.75) is 6.54 Å². The number of ether oxygens (including phenoxy) is 1. The number of fused-ring (bicyclic) bond motifs is 1. The maximum atomic E-state index is 13.6. The third kappa shape index (κ3) is 4.72. The molecule has 34 heavy (non-hydrogen) atoms. The molecule has 1 saturated heterocycles. The number of anilines is 2. The molecule has 4 aromatic rings. The molecular weight excluding hydrogens is 424 g/mol. The molecule has 0 radical (unpaired) electrons. The zero-order chi connectivity index (χ0) is 23.3. The van der Waals surface area contributed by atoms with Crippen LogP contribution in [0, 0.1) is 0 Å². The Hall–Kier alpha value is -3.90. The Labute approximate surface area is 199 Å². The summed E-state index contributed by atoms with van der Waals surface area (Å²) in [5, 5.41) is 4.20. The summed E-state index contributed by atoms with van der Waals surface area (Å²) < 4.78 is 5.46. The summed E-state index contributed by atoms with van der Waals surface area (Å²) in [5.74, 6) is 1.38. The fourth-order valence-electron chi connectivity index (χ4n) is 4.42. The molecular formula is C28H28N4O2. The molecule has 6 nitrogen and oxygen atoms in total. The quantitative estimate of drug-likeness (QED) is 0.449. The molecule has 1 amide bonds. The summed E-state index contributed by atoms with van der Waals surface area (Å²) in [6.07, 6.45) is 0. The maximum Gasteiger partial charge on any atom is 0.254 e. The van der Waals surface area contributed by atoms with Crippen molar-refractivity contribution in [3.8, 4) is 5.75 Å². The second kappa shape index (κ2) is 9.93. The Kier molecular flexibility index (Phi) is 6.40. The van der Waals surface area contributed by atoms with Crippen LogP contribution in [-0.2, 0) is 6.54 Å². The van der Waals surface area contributed by atoms with E-state index in [2.05, 4.69) is 34.5 Å². The number of aromatic nitrogens is 1. The summed E-state index contributed by atoms with van der Waals surface area (Å²) >= 11 is 0. The fraction of sp³-hybridized carbons (Fsp3) is 0.214. The van der Waals surface area contributed by atoms with Crippen LogP contribution in [0.1, 0.15) is 15.9 Å². The number of hydrogen-bond donors (Lipinski definition) is 1.